The van der Waals surface area contributed by atoms with E-state index in [0.29, 0.717) is 0 Å². The molecule has 0 bridgehead atoms. The Morgan fingerprint density at radius 3 is 2.32 bits per heavy atom. The average Bonchev–Trinajstić information content (AvgIpc) is 3.13. The number of ether oxygens (including phenoxy) is 1. The van der Waals surface area contributed by atoms with Gasteiger partial charge in [-0.3, -0.25) is 4.79 Å². The van der Waals surface area contributed by atoms with Crippen molar-refractivity contribution in [2.45, 2.75) is 33.6 Å². The zero-order chi connectivity index (χ0) is 17.8. The minimum atomic E-state index is -0.144. The van der Waals surface area contributed by atoms with Crippen LogP contribution in [0.15, 0.2) is 36.4 Å². The van der Waals surface area contributed by atoms with Crippen molar-refractivity contribution in [2.75, 3.05) is 29.9 Å². The molecule has 0 radical (unpaired) electrons. The van der Waals surface area contributed by atoms with E-state index in [-0.39, 0.29) is 12.5 Å². The number of amides is 1. The van der Waals surface area contributed by atoms with Crippen LogP contribution in [-0.4, -0.2) is 25.6 Å². The van der Waals surface area contributed by atoms with E-state index in [1.807, 2.05) is 39.0 Å². The number of nitrogens with zero attached hydrogens (tertiary/aromatic N) is 1. The summed E-state index contributed by atoms with van der Waals surface area (Å²) in [6.07, 6.45) is 2.52. The van der Waals surface area contributed by atoms with Crippen LogP contribution < -0.4 is 15.0 Å². The van der Waals surface area contributed by atoms with E-state index in [1.165, 1.54) is 24.1 Å². The molecule has 1 amide bonds. The van der Waals surface area contributed by atoms with E-state index in [1.54, 1.807) is 0 Å². The predicted octanol–water partition coefficient (Wildman–Crippen LogP) is 4.23. The van der Waals surface area contributed by atoms with Gasteiger partial charge in [-0.15, -0.1) is 0 Å². The standard InChI is InChI=1S/C21H26N2O2/c1-15-6-7-16(2)21(17(15)3)25-14-20(24)22-18-8-10-19(11-9-18)23-12-4-5-13-23/h6-11H,4-5,12-14H2,1-3H3,(H,22,24). The van der Waals surface area contributed by atoms with Crippen molar-refractivity contribution in [2.24, 2.45) is 0 Å². The Kier molecular flexibility index (Phi) is 5.27. The Morgan fingerprint density at radius 2 is 1.64 bits per heavy atom. The van der Waals surface area contributed by atoms with Crippen molar-refractivity contribution >= 4 is 17.3 Å². The molecule has 3 rings (SSSR count). The topological polar surface area (TPSA) is 41.6 Å². The van der Waals surface area contributed by atoms with E-state index < -0.39 is 0 Å². The Labute approximate surface area is 149 Å². The predicted molar refractivity (Wildman–Crippen MR) is 103 cm³/mol. The summed E-state index contributed by atoms with van der Waals surface area (Å²) in [5.74, 6) is 0.661. The maximum Gasteiger partial charge on any atom is 0.262 e. The first kappa shape index (κ1) is 17.3. The molecule has 0 spiro atoms. The van der Waals surface area contributed by atoms with E-state index >= 15 is 0 Å². The zero-order valence-electron chi connectivity index (χ0n) is 15.3. The molecule has 4 heteroatoms. The summed E-state index contributed by atoms with van der Waals surface area (Å²) in [5, 5.41) is 2.90. The van der Waals surface area contributed by atoms with Crippen molar-refractivity contribution in [3.05, 3.63) is 53.1 Å². The van der Waals surface area contributed by atoms with Crippen LogP contribution in [0.5, 0.6) is 5.75 Å². The Bertz CT molecular complexity index is 747. The summed E-state index contributed by atoms with van der Waals surface area (Å²) in [7, 11) is 0. The lowest BCUT2D eigenvalue weighted by Crippen LogP contribution is -2.21. The quantitative estimate of drug-likeness (QED) is 0.887. The first-order chi connectivity index (χ1) is 12.0. The van der Waals surface area contributed by atoms with Gasteiger partial charge in [0.1, 0.15) is 5.75 Å². The maximum absolute atomic E-state index is 12.2. The van der Waals surface area contributed by atoms with Crippen LogP contribution >= 0.6 is 0 Å². The van der Waals surface area contributed by atoms with Gasteiger partial charge < -0.3 is 15.0 Å². The maximum atomic E-state index is 12.2. The van der Waals surface area contributed by atoms with E-state index in [0.717, 1.165) is 35.7 Å². The number of hydrogen-bond donors (Lipinski definition) is 1. The van der Waals surface area contributed by atoms with Gasteiger partial charge in [-0.05, 0) is 74.6 Å². The van der Waals surface area contributed by atoms with Crippen molar-refractivity contribution in [1.82, 2.24) is 0 Å². The largest absolute Gasteiger partial charge is 0.483 e. The molecule has 1 aliphatic heterocycles. The molecule has 1 fully saturated rings. The van der Waals surface area contributed by atoms with Crippen LogP contribution in [0.3, 0.4) is 0 Å². The molecular formula is C21H26N2O2. The second-order valence-corrected chi connectivity index (χ2v) is 6.73. The molecular weight excluding hydrogens is 312 g/mol. The number of nitrogens with one attached hydrogen (secondary N) is 1. The molecule has 1 N–H and O–H groups in total. The molecule has 1 aliphatic rings. The third-order valence-electron chi connectivity index (χ3n) is 4.84. The molecule has 0 unspecified atom stereocenters. The summed E-state index contributed by atoms with van der Waals surface area (Å²) in [6, 6.07) is 12.1. The lowest BCUT2D eigenvalue weighted by atomic mass is 10.1. The second kappa shape index (κ2) is 7.60. The monoisotopic (exact) mass is 338 g/mol. The molecule has 1 saturated heterocycles. The Balaban J connectivity index is 1.57. The summed E-state index contributed by atoms with van der Waals surface area (Å²) in [6.45, 7) is 8.32. The van der Waals surface area contributed by atoms with Crippen molar-refractivity contribution in [1.29, 1.82) is 0 Å². The van der Waals surface area contributed by atoms with Crippen LogP contribution in [0.4, 0.5) is 11.4 Å². The summed E-state index contributed by atoms with van der Waals surface area (Å²) < 4.78 is 5.77. The molecule has 4 nitrogen and oxygen atoms in total. The highest BCUT2D eigenvalue weighted by atomic mass is 16.5. The highest BCUT2D eigenvalue weighted by Crippen LogP contribution is 2.26. The Hall–Kier alpha value is -2.49. The van der Waals surface area contributed by atoms with Gasteiger partial charge in [0.25, 0.3) is 5.91 Å². The van der Waals surface area contributed by atoms with Crippen LogP contribution in [-0.2, 0) is 4.79 Å². The van der Waals surface area contributed by atoms with Gasteiger partial charge in [0.05, 0.1) is 0 Å². The molecule has 1 heterocycles. The first-order valence-electron chi connectivity index (χ1n) is 8.89. The molecule has 0 atom stereocenters. The average molecular weight is 338 g/mol. The van der Waals surface area contributed by atoms with Gasteiger partial charge >= 0.3 is 0 Å². The number of carbonyl (C=O) groups is 1. The van der Waals surface area contributed by atoms with Gasteiger partial charge in [0, 0.05) is 24.5 Å². The van der Waals surface area contributed by atoms with Crippen LogP contribution in [0.2, 0.25) is 0 Å². The van der Waals surface area contributed by atoms with Gasteiger partial charge in [0.15, 0.2) is 6.61 Å². The van der Waals surface area contributed by atoms with E-state index in [9.17, 15) is 4.79 Å². The smallest absolute Gasteiger partial charge is 0.262 e. The van der Waals surface area contributed by atoms with Gasteiger partial charge in [-0.2, -0.15) is 0 Å². The van der Waals surface area contributed by atoms with E-state index in [2.05, 4.69) is 28.4 Å². The zero-order valence-corrected chi connectivity index (χ0v) is 15.3. The SMILES string of the molecule is Cc1ccc(C)c(OCC(=O)Nc2ccc(N3CCCC3)cc2)c1C. The third-order valence-corrected chi connectivity index (χ3v) is 4.84. The molecule has 2 aromatic rings. The van der Waals surface area contributed by atoms with Crippen LogP contribution in [0.1, 0.15) is 29.5 Å². The highest BCUT2D eigenvalue weighted by molar-refractivity contribution is 5.92. The number of hydrogen-bond acceptors (Lipinski definition) is 3. The molecule has 0 aromatic heterocycles. The minimum absolute atomic E-state index is 0.0129. The fraction of sp³-hybridized carbons (Fsp3) is 0.381. The fourth-order valence-electron chi connectivity index (χ4n) is 3.21. The fourth-order valence-corrected chi connectivity index (χ4v) is 3.21. The van der Waals surface area contributed by atoms with Crippen molar-refractivity contribution < 1.29 is 9.53 Å². The van der Waals surface area contributed by atoms with Gasteiger partial charge in [0.2, 0.25) is 0 Å². The summed E-state index contributed by atoms with van der Waals surface area (Å²) >= 11 is 0. The van der Waals surface area contributed by atoms with Gasteiger partial charge in [-0.25, -0.2) is 0 Å². The highest BCUT2D eigenvalue weighted by Gasteiger charge is 2.13. The molecule has 0 saturated carbocycles. The lowest BCUT2D eigenvalue weighted by molar-refractivity contribution is -0.118. The van der Waals surface area contributed by atoms with Crippen LogP contribution in [0, 0.1) is 20.8 Å². The number of carbonyl (C=O) groups excluding carboxylic acids is 1. The number of anilines is 2. The molecule has 0 aliphatic carbocycles. The third kappa shape index (κ3) is 4.13. The van der Waals surface area contributed by atoms with Gasteiger partial charge in [-0.1, -0.05) is 12.1 Å². The summed E-state index contributed by atoms with van der Waals surface area (Å²) in [5.41, 5.74) is 5.32. The summed E-state index contributed by atoms with van der Waals surface area (Å²) in [4.78, 5) is 14.6. The van der Waals surface area contributed by atoms with Crippen molar-refractivity contribution in [3.63, 3.8) is 0 Å². The number of rotatable bonds is 5. The molecule has 25 heavy (non-hydrogen) atoms. The second-order valence-electron chi connectivity index (χ2n) is 6.73. The lowest BCUT2D eigenvalue weighted by Gasteiger charge is -2.18. The van der Waals surface area contributed by atoms with Crippen molar-refractivity contribution in [3.8, 4) is 5.75 Å². The minimum Gasteiger partial charge on any atom is -0.483 e. The number of aryl methyl sites for hydroxylation is 2. The molecule has 132 valence electrons. The number of benzene rings is 2. The van der Waals surface area contributed by atoms with Crippen LogP contribution in [0.25, 0.3) is 0 Å². The first-order valence-corrected chi connectivity index (χ1v) is 8.89. The normalized spacial score (nSPS) is 13.8. The Morgan fingerprint density at radius 1 is 1.00 bits per heavy atom. The molecule has 2 aromatic carbocycles. The van der Waals surface area contributed by atoms with E-state index in [4.69, 9.17) is 4.74 Å².